The molecule has 27 heavy (non-hydrogen) atoms. The molecule has 0 rings (SSSR count). The molecule has 0 aromatic carbocycles. The van der Waals surface area contributed by atoms with Gasteiger partial charge >= 0.3 is 11.9 Å². The van der Waals surface area contributed by atoms with E-state index in [9.17, 15) is 9.59 Å². The molecular weight excluding hydrogens is 340 g/mol. The Kier molecular flexibility index (Phi) is 18.9. The third kappa shape index (κ3) is 19.5. The molecule has 0 saturated heterocycles. The van der Waals surface area contributed by atoms with Gasteiger partial charge in [0.2, 0.25) is 0 Å². The van der Waals surface area contributed by atoms with Crippen LogP contribution in [0, 0.1) is 0 Å². The number of hydrogen-bond donors (Lipinski definition) is 1. The molecule has 0 fully saturated rings. The molecule has 0 amide bonds. The van der Waals surface area contributed by atoms with E-state index in [1.807, 2.05) is 0 Å². The Hall–Kier alpha value is -1.06. The Morgan fingerprint density at radius 2 is 1.15 bits per heavy atom. The highest BCUT2D eigenvalue weighted by atomic mass is 16.5. The molecule has 0 aliphatic heterocycles. The van der Waals surface area contributed by atoms with Crippen LogP contribution >= 0.6 is 0 Å². The maximum atomic E-state index is 12.0. The summed E-state index contributed by atoms with van der Waals surface area (Å²) in [5.41, 5.74) is 0. The maximum Gasteiger partial charge on any atom is 0.306 e. The SMILES string of the molecule is CCCCCCCCCC(CCCCCCCC(=O)O)OC(=O)CCCC. The summed E-state index contributed by atoms with van der Waals surface area (Å²) in [5.74, 6) is -0.741. The van der Waals surface area contributed by atoms with Crippen molar-refractivity contribution < 1.29 is 19.4 Å². The standard InChI is InChI=1S/C23H44O4/c1-3-5-7-8-9-11-14-17-21(27-23(26)20-6-4-2)18-15-12-10-13-16-19-22(24)25/h21H,3-20H2,1-2H3,(H,24,25). The highest BCUT2D eigenvalue weighted by Crippen LogP contribution is 2.18. The largest absolute Gasteiger partial charge is 0.481 e. The van der Waals surface area contributed by atoms with E-state index in [1.165, 1.54) is 38.5 Å². The van der Waals surface area contributed by atoms with E-state index in [0.29, 0.717) is 6.42 Å². The summed E-state index contributed by atoms with van der Waals surface area (Å²) in [6, 6.07) is 0. The number of carbonyl (C=O) groups is 2. The highest BCUT2D eigenvalue weighted by Gasteiger charge is 2.14. The lowest BCUT2D eigenvalue weighted by Crippen LogP contribution is -2.18. The molecule has 0 saturated carbocycles. The molecule has 0 aliphatic rings. The van der Waals surface area contributed by atoms with Crippen LogP contribution in [0.5, 0.6) is 0 Å². The molecule has 0 aliphatic carbocycles. The Morgan fingerprint density at radius 1 is 0.667 bits per heavy atom. The van der Waals surface area contributed by atoms with Crippen LogP contribution in [0.15, 0.2) is 0 Å². The van der Waals surface area contributed by atoms with Gasteiger partial charge in [-0.1, -0.05) is 78.1 Å². The Bertz CT molecular complexity index is 354. The van der Waals surface area contributed by atoms with E-state index in [2.05, 4.69) is 13.8 Å². The van der Waals surface area contributed by atoms with E-state index in [0.717, 1.165) is 64.2 Å². The van der Waals surface area contributed by atoms with Gasteiger partial charge < -0.3 is 9.84 Å². The van der Waals surface area contributed by atoms with E-state index < -0.39 is 5.97 Å². The zero-order valence-corrected chi connectivity index (χ0v) is 18.0. The molecule has 0 heterocycles. The Balaban J connectivity index is 3.95. The quantitative estimate of drug-likeness (QED) is 0.180. The first-order valence-electron chi connectivity index (χ1n) is 11.5. The zero-order valence-electron chi connectivity index (χ0n) is 18.0. The van der Waals surface area contributed by atoms with Gasteiger partial charge in [0.1, 0.15) is 6.10 Å². The van der Waals surface area contributed by atoms with Crippen LogP contribution in [0.4, 0.5) is 0 Å². The average molecular weight is 385 g/mol. The van der Waals surface area contributed by atoms with Crippen LogP contribution in [0.1, 0.15) is 129 Å². The van der Waals surface area contributed by atoms with E-state index >= 15 is 0 Å². The number of hydrogen-bond acceptors (Lipinski definition) is 3. The summed E-state index contributed by atoms with van der Waals surface area (Å²) >= 11 is 0. The van der Waals surface area contributed by atoms with Crippen molar-refractivity contribution in [2.75, 3.05) is 0 Å². The van der Waals surface area contributed by atoms with Crippen molar-refractivity contribution in [2.45, 2.75) is 136 Å². The highest BCUT2D eigenvalue weighted by molar-refractivity contribution is 5.69. The molecular formula is C23H44O4. The third-order valence-electron chi connectivity index (χ3n) is 5.08. The molecule has 1 atom stereocenters. The zero-order chi connectivity index (χ0) is 20.2. The van der Waals surface area contributed by atoms with E-state index in [1.54, 1.807) is 0 Å². The van der Waals surface area contributed by atoms with Crippen molar-refractivity contribution in [2.24, 2.45) is 0 Å². The van der Waals surface area contributed by atoms with Crippen molar-refractivity contribution in [1.29, 1.82) is 0 Å². The second-order valence-electron chi connectivity index (χ2n) is 7.83. The van der Waals surface area contributed by atoms with Gasteiger partial charge in [0.05, 0.1) is 0 Å². The predicted octanol–water partition coefficient (Wildman–Crippen LogP) is 7.04. The minimum atomic E-state index is -0.705. The molecule has 0 radical (unpaired) electrons. The number of carboxylic acid groups (broad SMARTS) is 1. The van der Waals surface area contributed by atoms with Gasteiger partial charge in [0, 0.05) is 12.8 Å². The first kappa shape index (κ1) is 25.9. The van der Waals surface area contributed by atoms with Crippen LogP contribution in [0.2, 0.25) is 0 Å². The van der Waals surface area contributed by atoms with Crippen molar-refractivity contribution in [3.8, 4) is 0 Å². The van der Waals surface area contributed by atoms with Crippen LogP contribution < -0.4 is 0 Å². The average Bonchev–Trinajstić information content (AvgIpc) is 2.64. The molecule has 4 heteroatoms. The van der Waals surface area contributed by atoms with Crippen molar-refractivity contribution in [1.82, 2.24) is 0 Å². The van der Waals surface area contributed by atoms with Gasteiger partial charge in [-0.15, -0.1) is 0 Å². The second-order valence-corrected chi connectivity index (χ2v) is 7.83. The summed E-state index contributed by atoms with van der Waals surface area (Å²) in [6.07, 6.45) is 18.7. The van der Waals surface area contributed by atoms with Crippen LogP contribution in [0.3, 0.4) is 0 Å². The van der Waals surface area contributed by atoms with Gasteiger partial charge in [-0.25, -0.2) is 0 Å². The smallest absolute Gasteiger partial charge is 0.306 e. The lowest BCUT2D eigenvalue weighted by atomic mass is 10.0. The van der Waals surface area contributed by atoms with Gasteiger partial charge in [-0.05, 0) is 38.5 Å². The molecule has 0 spiro atoms. The van der Waals surface area contributed by atoms with Crippen LogP contribution in [0.25, 0.3) is 0 Å². The summed E-state index contributed by atoms with van der Waals surface area (Å²) in [5, 5.41) is 8.65. The molecule has 4 nitrogen and oxygen atoms in total. The normalized spacial score (nSPS) is 12.1. The van der Waals surface area contributed by atoms with Gasteiger partial charge in [-0.2, -0.15) is 0 Å². The first-order valence-corrected chi connectivity index (χ1v) is 11.5. The number of rotatable bonds is 20. The van der Waals surface area contributed by atoms with Crippen LogP contribution in [-0.2, 0) is 14.3 Å². The number of aliphatic carboxylic acids is 1. The summed E-state index contributed by atoms with van der Waals surface area (Å²) in [6.45, 7) is 4.33. The van der Waals surface area contributed by atoms with Crippen LogP contribution in [-0.4, -0.2) is 23.1 Å². The summed E-state index contributed by atoms with van der Waals surface area (Å²) in [4.78, 5) is 22.5. The maximum absolute atomic E-state index is 12.0. The van der Waals surface area contributed by atoms with Gasteiger partial charge in [0.15, 0.2) is 0 Å². The monoisotopic (exact) mass is 384 g/mol. The number of carboxylic acids is 1. The molecule has 0 aromatic rings. The summed E-state index contributed by atoms with van der Waals surface area (Å²) < 4.78 is 5.74. The fourth-order valence-corrected chi connectivity index (χ4v) is 3.34. The molecule has 0 bridgehead atoms. The topological polar surface area (TPSA) is 63.6 Å². The second kappa shape index (κ2) is 19.7. The lowest BCUT2D eigenvalue weighted by molar-refractivity contribution is -0.150. The van der Waals surface area contributed by atoms with Gasteiger partial charge in [-0.3, -0.25) is 9.59 Å². The molecule has 0 aromatic heterocycles. The molecule has 1 N–H and O–H groups in total. The van der Waals surface area contributed by atoms with E-state index in [4.69, 9.17) is 9.84 Å². The fourth-order valence-electron chi connectivity index (χ4n) is 3.34. The van der Waals surface area contributed by atoms with Crippen molar-refractivity contribution >= 4 is 11.9 Å². The van der Waals surface area contributed by atoms with E-state index in [-0.39, 0.29) is 18.5 Å². The number of unbranched alkanes of at least 4 members (excludes halogenated alkanes) is 11. The predicted molar refractivity (Wildman–Crippen MR) is 112 cm³/mol. The van der Waals surface area contributed by atoms with Crippen molar-refractivity contribution in [3.63, 3.8) is 0 Å². The minimum absolute atomic E-state index is 0.0359. The number of esters is 1. The first-order chi connectivity index (χ1) is 13.1. The molecule has 1 unspecified atom stereocenters. The Morgan fingerprint density at radius 3 is 1.67 bits per heavy atom. The lowest BCUT2D eigenvalue weighted by Gasteiger charge is -2.18. The fraction of sp³-hybridized carbons (Fsp3) is 0.913. The third-order valence-corrected chi connectivity index (χ3v) is 5.08. The number of ether oxygens (including phenoxy) is 1. The van der Waals surface area contributed by atoms with Crippen molar-refractivity contribution in [3.05, 3.63) is 0 Å². The Labute approximate surface area is 167 Å². The summed E-state index contributed by atoms with van der Waals surface area (Å²) in [7, 11) is 0. The number of carbonyl (C=O) groups excluding carboxylic acids is 1. The molecule has 160 valence electrons. The minimum Gasteiger partial charge on any atom is -0.481 e. The van der Waals surface area contributed by atoms with Gasteiger partial charge in [0.25, 0.3) is 0 Å².